The number of amides is 2. The lowest BCUT2D eigenvalue weighted by molar-refractivity contribution is -0.377. The second-order valence-electron chi connectivity index (χ2n) is 7.84. The molecule has 0 aromatic carbocycles. The fraction of sp³-hybridized carbons (Fsp3) is 0.818. The summed E-state index contributed by atoms with van der Waals surface area (Å²) in [5.74, 6) is 1.50. The number of rotatable bonds is 16. The zero-order chi connectivity index (χ0) is 29.0. The van der Waals surface area contributed by atoms with E-state index < -0.39 is 10.4 Å². The van der Waals surface area contributed by atoms with Gasteiger partial charge in [0.05, 0.1) is 0 Å². The summed E-state index contributed by atoms with van der Waals surface area (Å²) in [6.07, 6.45) is 12.6. The van der Waals surface area contributed by atoms with Crippen molar-refractivity contribution in [1.29, 1.82) is 0 Å². The molecular weight excluding hydrogens is 540 g/mol. The predicted octanol–water partition coefficient (Wildman–Crippen LogP) is -1.42. The topological polar surface area (TPSA) is 246 Å². The highest BCUT2D eigenvalue weighted by Crippen LogP contribution is 2.04. The molecule has 12 nitrogen and oxygen atoms in total. The summed E-state index contributed by atoms with van der Waals surface area (Å²) in [6.45, 7) is 5.49. The number of unbranched alkanes of at least 4 members (excludes halogenated alkanes) is 8. The van der Waals surface area contributed by atoms with E-state index in [0.717, 1.165) is 37.2 Å². The second-order valence-corrected chi connectivity index (χ2v) is 10.9. The van der Waals surface area contributed by atoms with Crippen LogP contribution in [0.25, 0.3) is 0 Å². The Kier molecular flexibility index (Phi) is 31.9. The smallest absolute Gasteiger partial charge is 0.309 e. The van der Waals surface area contributed by atoms with Gasteiger partial charge in [-0.15, -0.1) is 0 Å². The van der Waals surface area contributed by atoms with Crippen molar-refractivity contribution in [1.82, 2.24) is 0 Å². The highest BCUT2D eigenvalue weighted by atomic mass is 32.3. The van der Waals surface area contributed by atoms with Gasteiger partial charge in [0.1, 0.15) is 0 Å². The van der Waals surface area contributed by atoms with E-state index in [0.29, 0.717) is 36.3 Å². The lowest BCUT2D eigenvalue weighted by atomic mass is 10.1. The summed E-state index contributed by atoms with van der Waals surface area (Å²) < 4.78 is 34.1. The maximum Gasteiger partial charge on any atom is 0.309 e. The average molecular weight is 589 g/mol. The molecule has 0 aromatic heterocycles. The van der Waals surface area contributed by atoms with Crippen LogP contribution < -0.4 is 32.9 Å². The van der Waals surface area contributed by atoms with Gasteiger partial charge in [-0.25, -0.2) is 19.6 Å². The van der Waals surface area contributed by atoms with Gasteiger partial charge in [0.2, 0.25) is 0 Å². The summed E-state index contributed by atoms with van der Waals surface area (Å²) >= 11 is 2.78. The minimum Gasteiger partial charge on any atom is -0.759 e. The molecule has 0 unspecified atom stereocenters. The van der Waals surface area contributed by atoms with E-state index in [1.165, 1.54) is 62.0 Å². The van der Waals surface area contributed by atoms with Crippen LogP contribution in [-0.4, -0.2) is 64.3 Å². The maximum absolute atomic E-state index is 11.4. The number of hydrogen-bond acceptors (Lipinski definition) is 10. The fourth-order valence-corrected chi connectivity index (χ4v) is 3.64. The Bertz CT molecular complexity index is 682. The predicted molar refractivity (Wildman–Crippen MR) is 151 cm³/mol. The van der Waals surface area contributed by atoms with Gasteiger partial charge in [-0.2, -0.15) is 0 Å². The molecule has 2 amide bonds. The number of carbonyl (C=O) groups excluding carboxylic acids is 2. The standard InChI is InChI=1S/2C11H23N3OS.H2O4S/c2*1-2-3-4-5-6-7-10(15)14-11(13)16-9-8-12;1-5(2,3)4/h2*2-9,12H2,1H3,(H2,13,14,15);(H2,1,2,3,4). The Labute approximate surface area is 231 Å². The van der Waals surface area contributed by atoms with Crippen molar-refractivity contribution >= 4 is 56.1 Å². The first kappa shape index (κ1) is 40.3. The van der Waals surface area contributed by atoms with Crippen molar-refractivity contribution in [2.45, 2.75) is 90.9 Å². The van der Waals surface area contributed by atoms with Crippen LogP contribution in [-0.2, 0) is 20.0 Å². The SMILES string of the molecule is CCCCCCCC(=O)[NH+]=C(N)SCCN.CCCCCCCC(=O)[NH+]=C(N)SCCN.O=S(=O)([O-])[O-]. The van der Waals surface area contributed by atoms with Gasteiger partial charge in [-0.3, -0.25) is 19.9 Å². The average Bonchev–Trinajstić information content (AvgIpc) is 2.80. The van der Waals surface area contributed by atoms with E-state index in [1.807, 2.05) is 0 Å². The monoisotopic (exact) mass is 588 g/mol. The number of nitrogens with two attached hydrogens (primary N) is 4. The van der Waals surface area contributed by atoms with Gasteiger partial charge in [0.15, 0.2) is 0 Å². The Balaban J connectivity index is -0.000000528. The molecule has 0 bridgehead atoms. The van der Waals surface area contributed by atoms with Gasteiger partial charge in [-0.05, 0) is 36.4 Å². The first-order valence-electron chi connectivity index (χ1n) is 12.6. The Morgan fingerprint density at radius 1 is 0.676 bits per heavy atom. The molecule has 0 rings (SSSR count). The van der Waals surface area contributed by atoms with Gasteiger partial charge < -0.3 is 20.6 Å². The normalized spacial score (nSPS) is 11.7. The third kappa shape index (κ3) is 45.1. The van der Waals surface area contributed by atoms with Crippen LogP contribution in [0, 0.1) is 0 Å². The van der Waals surface area contributed by atoms with E-state index in [2.05, 4.69) is 23.8 Å². The largest absolute Gasteiger partial charge is 0.759 e. The van der Waals surface area contributed by atoms with Gasteiger partial charge in [0, 0.05) is 47.8 Å². The van der Waals surface area contributed by atoms with Gasteiger partial charge >= 0.3 is 22.1 Å². The van der Waals surface area contributed by atoms with Crippen LogP contribution in [0.2, 0.25) is 0 Å². The molecule has 37 heavy (non-hydrogen) atoms. The summed E-state index contributed by atoms with van der Waals surface area (Å²) in [5, 5.41) is 0.924. The fourth-order valence-electron chi connectivity index (χ4n) is 2.59. The molecule has 0 aliphatic rings. The van der Waals surface area contributed by atoms with Crippen molar-refractivity contribution in [3.05, 3.63) is 0 Å². The number of thioether (sulfide) groups is 2. The zero-order valence-corrected chi connectivity index (χ0v) is 24.7. The molecular formula is C22H48N6O6S3. The van der Waals surface area contributed by atoms with Crippen LogP contribution in [0.4, 0.5) is 0 Å². The summed E-state index contributed by atoms with van der Waals surface area (Å²) in [6, 6.07) is 0. The van der Waals surface area contributed by atoms with E-state index in [1.54, 1.807) is 0 Å². The van der Waals surface area contributed by atoms with E-state index in [9.17, 15) is 9.59 Å². The molecule has 0 spiro atoms. The first-order chi connectivity index (χ1) is 17.4. The summed E-state index contributed by atoms with van der Waals surface area (Å²) in [7, 11) is -5.17. The van der Waals surface area contributed by atoms with E-state index in [-0.39, 0.29) is 11.8 Å². The molecule has 0 radical (unpaired) electrons. The third-order valence-corrected chi connectivity index (χ3v) is 6.00. The molecule has 220 valence electrons. The molecule has 0 atom stereocenters. The molecule has 0 aliphatic heterocycles. The zero-order valence-electron chi connectivity index (χ0n) is 22.3. The maximum atomic E-state index is 11.4. The van der Waals surface area contributed by atoms with E-state index >= 15 is 0 Å². The van der Waals surface area contributed by atoms with Gasteiger partial charge in [0.25, 0.3) is 0 Å². The number of nitrogens with one attached hydrogen (secondary N) is 2. The molecule has 0 saturated heterocycles. The first-order valence-corrected chi connectivity index (χ1v) is 15.9. The highest BCUT2D eigenvalue weighted by molar-refractivity contribution is 8.13. The Morgan fingerprint density at radius 3 is 1.24 bits per heavy atom. The van der Waals surface area contributed by atoms with Gasteiger partial charge in [-0.1, -0.05) is 65.2 Å². The van der Waals surface area contributed by atoms with Crippen LogP contribution in [0.15, 0.2) is 0 Å². The lowest BCUT2D eigenvalue weighted by Gasteiger charge is -2.06. The van der Waals surface area contributed by atoms with Crippen molar-refractivity contribution in [2.75, 3.05) is 24.6 Å². The van der Waals surface area contributed by atoms with Crippen LogP contribution in [0.3, 0.4) is 0 Å². The summed E-state index contributed by atoms with van der Waals surface area (Å²) in [4.78, 5) is 28.1. The number of carbonyl (C=O) groups is 2. The number of hydrogen-bond donors (Lipinski definition) is 6. The minimum absolute atomic E-state index is 0.0125. The number of amidine groups is 2. The van der Waals surface area contributed by atoms with E-state index in [4.69, 9.17) is 40.5 Å². The molecule has 15 heteroatoms. The van der Waals surface area contributed by atoms with Crippen LogP contribution in [0.5, 0.6) is 0 Å². The van der Waals surface area contributed by atoms with Crippen molar-refractivity contribution in [3.8, 4) is 0 Å². The Morgan fingerprint density at radius 2 is 0.973 bits per heavy atom. The molecule has 0 aliphatic carbocycles. The lowest BCUT2D eigenvalue weighted by Crippen LogP contribution is -2.78. The quantitative estimate of drug-likeness (QED) is 0.0400. The van der Waals surface area contributed by atoms with Crippen molar-refractivity contribution in [2.24, 2.45) is 22.9 Å². The van der Waals surface area contributed by atoms with Crippen LogP contribution in [0.1, 0.15) is 90.9 Å². The van der Waals surface area contributed by atoms with Crippen LogP contribution >= 0.6 is 23.5 Å². The molecule has 0 fully saturated rings. The molecule has 0 aromatic rings. The van der Waals surface area contributed by atoms with Crippen molar-refractivity contribution < 1.29 is 37.1 Å². The third-order valence-electron chi connectivity index (χ3n) is 4.29. The molecule has 0 heterocycles. The van der Waals surface area contributed by atoms with Crippen molar-refractivity contribution in [3.63, 3.8) is 0 Å². The minimum atomic E-state index is -5.17. The highest BCUT2D eigenvalue weighted by Gasteiger charge is 2.06. The Hall–Kier alpha value is -1.23. The second kappa shape index (κ2) is 29.3. The molecule has 10 N–H and O–H groups in total. The summed E-state index contributed by atoms with van der Waals surface area (Å²) in [5.41, 5.74) is 21.9. The molecule has 0 saturated carbocycles.